The molecule has 1 aliphatic carbocycles. The monoisotopic (exact) mass is 355 g/mol. The largest absolute Gasteiger partial charge is 0.462 e. The minimum absolute atomic E-state index is 0.0482. The van der Waals surface area contributed by atoms with Gasteiger partial charge < -0.3 is 19.5 Å². The zero-order valence-electron chi connectivity index (χ0n) is 15.5. The van der Waals surface area contributed by atoms with Crippen molar-refractivity contribution < 1.29 is 28.6 Å². The summed E-state index contributed by atoms with van der Waals surface area (Å²) in [6.07, 6.45) is 2.71. The minimum Gasteiger partial charge on any atom is -0.462 e. The molecule has 1 amide bonds. The van der Waals surface area contributed by atoms with Crippen molar-refractivity contribution in [3.8, 4) is 0 Å². The Morgan fingerprint density at radius 2 is 1.84 bits per heavy atom. The second-order valence-electron chi connectivity index (χ2n) is 7.95. The van der Waals surface area contributed by atoms with E-state index in [1.165, 1.54) is 0 Å². The van der Waals surface area contributed by atoms with Crippen molar-refractivity contribution in [3.63, 3.8) is 0 Å². The van der Waals surface area contributed by atoms with Crippen LogP contribution in [0.1, 0.15) is 66.2 Å². The highest BCUT2D eigenvalue weighted by molar-refractivity contribution is 5.81. The lowest BCUT2D eigenvalue weighted by Gasteiger charge is -2.23. The molecule has 2 aliphatic rings. The topological polar surface area (TPSA) is 90.9 Å². The van der Waals surface area contributed by atoms with Gasteiger partial charge in [-0.25, -0.2) is 9.59 Å². The van der Waals surface area contributed by atoms with Crippen LogP contribution in [0.5, 0.6) is 0 Å². The van der Waals surface area contributed by atoms with Gasteiger partial charge >= 0.3 is 18.0 Å². The van der Waals surface area contributed by atoms with E-state index in [2.05, 4.69) is 5.32 Å². The summed E-state index contributed by atoms with van der Waals surface area (Å²) in [5.74, 6) is -0.578. The number of cyclic esters (lactones) is 1. The molecule has 1 N–H and O–H groups in total. The number of amides is 1. The van der Waals surface area contributed by atoms with E-state index in [4.69, 9.17) is 14.2 Å². The highest BCUT2D eigenvalue weighted by atomic mass is 16.6. The molecule has 7 heteroatoms. The molecule has 2 unspecified atom stereocenters. The molecule has 0 aromatic carbocycles. The number of esters is 2. The van der Waals surface area contributed by atoms with Gasteiger partial charge in [0.15, 0.2) is 0 Å². The number of alkyl carbamates (subject to hydrolysis) is 1. The second kappa shape index (κ2) is 8.06. The molecule has 1 aliphatic heterocycles. The first-order valence-electron chi connectivity index (χ1n) is 9.04. The third-order valence-electron chi connectivity index (χ3n) is 4.10. The first-order chi connectivity index (χ1) is 11.6. The van der Waals surface area contributed by atoms with Crippen LogP contribution in [0, 0.1) is 5.92 Å². The van der Waals surface area contributed by atoms with E-state index in [0.29, 0.717) is 25.7 Å². The molecular weight excluding hydrogens is 326 g/mol. The molecule has 2 rings (SSSR count). The predicted molar refractivity (Wildman–Crippen MR) is 89.8 cm³/mol. The van der Waals surface area contributed by atoms with Crippen molar-refractivity contribution in [2.45, 2.75) is 90.1 Å². The Bertz CT molecular complexity index is 508. The summed E-state index contributed by atoms with van der Waals surface area (Å²) in [6, 6.07) is -0.754. The molecule has 0 radical (unpaired) electrons. The predicted octanol–water partition coefficient (Wildman–Crippen LogP) is 2.71. The van der Waals surface area contributed by atoms with Crippen LogP contribution in [-0.2, 0) is 23.8 Å². The lowest BCUT2D eigenvalue weighted by molar-refractivity contribution is -0.156. The number of carbonyl (C=O) groups is 3. The van der Waals surface area contributed by atoms with E-state index in [0.717, 1.165) is 12.8 Å². The van der Waals surface area contributed by atoms with Gasteiger partial charge in [0.05, 0.1) is 5.92 Å². The van der Waals surface area contributed by atoms with Gasteiger partial charge in [0.2, 0.25) is 0 Å². The fourth-order valence-electron chi connectivity index (χ4n) is 2.75. The summed E-state index contributed by atoms with van der Waals surface area (Å²) in [4.78, 5) is 36.1. The van der Waals surface area contributed by atoms with Crippen molar-refractivity contribution in [3.05, 3.63) is 0 Å². The molecular formula is C18H29NO6. The first-order valence-corrected chi connectivity index (χ1v) is 9.04. The van der Waals surface area contributed by atoms with E-state index < -0.39 is 23.7 Å². The quantitative estimate of drug-likeness (QED) is 0.618. The molecule has 3 atom stereocenters. The van der Waals surface area contributed by atoms with Crippen LogP contribution in [0.3, 0.4) is 0 Å². The molecule has 7 nitrogen and oxygen atoms in total. The van der Waals surface area contributed by atoms with Gasteiger partial charge in [-0.3, -0.25) is 4.79 Å². The van der Waals surface area contributed by atoms with E-state index in [1.54, 1.807) is 27.7 Å². The van der Waals surface area contributed by atoms with Crippen molar-refractivity contribution >= 4 is 18.0 Å². The van der Waals surface area contributed by atoms with Crippen LogP contribution >= 0.6 is 0 Å². The first kappa shape index (κ1) is 19.5. The summed E-state index contributed by atoms with van der Waals surface area (Å²) in [5, 5.41) is 2.58. The fraction of sp³-hybridized carbons (Fsp3) is 0.833. The number of hydrogen-bond acceptors (Lipinski definition) is 6. The highest BCUT2D eigenvalue weighted by Gasteiger charge is 2.34. The normalized spacial score (nSPS) is 28.0. The van der Waals surface area contributed by atoms with E-state index in [1.807, 2.05) is 0 Å². The Labute approximate surface area is 148 Å². The van der Waals surface area contributed by atoms with Gasteiger partial charge in [0, 0.05) is 6.42 Å². The highest BCUT2D eigenvalue weighted by Crippen LogP contribution is 2.31. The van der Waals surface area contributed by atoms with E-state index >= 15 is 0 Å². The second-order valence-corrected chi connectivity index (χ2v) is 7.95. The number of rotatable bonds is 3. The third-order valence-corrected chi connectivity index (χ3v) is 4.10. The molecule has 0 spiro atoms. The maximum absolute atomic E-state index is 12.3. The molecule has 0 aromatic rings. The smallest absolute Gasteiger partial charge is 0.408 e. The van der Waals surface area contributed by atoms with Crippen LogP contribution in [0.2, 0.25) is 0 Å². The van der Waals surface area contributed by atoms with Crippen molar-refractivity contribution in [2.75, 3.05) is 0 Å². The molecule has 0 bridgehead atoms. The summed E-state index contributed by atoms with van der Waals surface area (Å²) in [6.45, 7) is 7.05. The Balaban J connectivity index is 1.91. The standard InChI is InChI=1S/C18H29NO6/c1-11-10-13(24-15(20)12-8-9-12)6-5-7-14(16(21)23-11)19-17(22)25-18(2,3)4/h11-14H,5-10H2,1-4H3,(H,19,22)/t11?,13?,14-/m0/s1. The number of nitrogens with one attached hydrogen (secondary N) is 1. The van der Waals surface area contributed by atoms with E-state index in [9.17, 15) is 14.4 Å². The number of hydrogen-bond donors (Lipinski definition) is 1. The molecule has 25 heavy (non-hydrogen) atoms. The van der Waals surface area contributed by atoms with Crippen LogP contribution in [0.25, 0.3) is 0 Å². The third kappa shape index (κ3) is 6.92. The van der Waals surface area contributed by atoms with Gasteiger partial charge in [0.25, 0.3) is 0 Å². The lowest BCUT2D eigenvalue weighted by Crippen LogP contribution is -2.44. The Morgan fingerprint density at radius 1 is 1.16 bits per heavy atom. The fourth-order valence-corrected chi connectivity index (χ4v) is 2.75. The molecule has 2 fully saturated rings. The van der Waals surface area contributed by atoms with Gasteiger partial charge in [-0.1, -0.05) is 0 Å². The Kier molecular flexibility index (Phi) is 6.30. The number of carbonyl (C=O) groups excluding carboxylic acids is 3. The summed E-state index contributed by atoms with van der Waals surface area (Å²) < 4.78 is 16.2. The Hall–Kier alpha value is -1.79. The average Bonchev–Trinajstić information content (AvgIpc) is 3.27. The van der Waals surface area contributed by atoms with Crippen LogP contribution < -0.4 is 5.32 Å². The molecule has 0 aromatic heterocycles. The average molecular weight is 355 g/mol. The van der Waals surface area contributed by atoms with Gasteiger partial charge in [0.1, 0.15) is 23.9 Å². The molecule has 1 saturated heterocycles. The van der Waals surface area contributed by atoms with Gasteiger partial charge in [-0.2, -0.15) is 0 Å². The summed E-state index contributed by atoms with van der Waals surface area (Å²) in [7, 11) is 0. The minimum atomic E-state index is -0.754. The number of ether oxygens (including phenoxy) is 3. The van der Waals surface area contributed by atoms with Crippen LogP contribution in [0.4, 0.5) is 4.79 Å². The Morgan fingerprint density at radius 3 is 2.44 bits per heavy atom. The van der Waals surface area contributed by atoms with Crippen LogP contribution in [-0.4, -0.2) is 41.9 Å². The van der Waals surface area contributed by atoms with Gasteiger partial charge in [-0.05, 0) is 59.8 Å². The van der Waals surface area contributed by atoms with E-state index in [-0.39, 0.29) is 24.1 Å². The maximum atomic E-state index is 12.3. The summed E-state index contributed by atoms with van der Waals surface area (Å²) >= 11 is 0. The molecule has 1 saturated carbocycles. The summed E-state index contributed by atoms with van der Waals surface area (Å²) in [5.41, 5.74) is -0.637. The zero-order valence-corrected chi connectivity index (χ0v) is 15.5. The van der Waals surface area contributed by atoms with Crippen LogP contribution in [0.15, 0.2) is 0 Å². The van der Waals surface area contributed by atoms with Crippen molar-refractivity contribution in [1.29, 1.82) is 0 Å². The van der Waals surface area contributed by atoms with Crippen molar-refractivity contribution in [2.24, 2.45) is 5.92 Å². The van der Waals surface area contributed by atoms with Crippen molar-refractivity contribution in [1.82, 2.24) is 5.32 Å². The zero-order chi connectivity index (χ0) is 18.6. The molecule has 142 valence electrons. The maximum Gasteiger partial charge on any atom is 0.408 e. The lowest BCUT2D eigenvalue weighted by atomic mass is 10.0. The SMILES string of the molecule is CC1CC(OC(=O)C2CC2)CCC[C@H](NC(=O)OC(C)(C)C)C(=O)O1. The van der Waals surface area contributed by atoms with Gasteiger partial charge in [-0.15, -0.1) is 0 Å². The molecule has 1 heterocycles.